The van der Waals surface area contributed by atoms with E-state index < -0.39 is 10.0 Å². The number of benzene rings is 1. The highest BCUT2D eigenvalue weighted by atomic mass is 79.9. The van der Waals surface area contributed by atoms with Crippen LogP contribution in [-0.2, 0) is 10.0 Å². The van der Waals surface area contributed by atoms with Gasteiger partial charge in [0, 0.05) is 19.6 Å². The lowest BCUT2D eigenvalue weighted by atomic mass is 10.3. The Hall–Kier alpha value is 0.140. The largest absolute Gasteiger partial charge is 0.277 e. The van der Waals surface area contributed by atoms with Crippen molar-refractivity contribution in [2.75, 3.05) is 4.72 Å². The van der Waals surface area contributed by atoms with Gasteiger partial charge in [-0.05, 0) is 50.1 Å². The van der Waals surface area contributed by atoms with Crippen LogP contribution in [0.4, 0.5) is 5.69 Å². The molecule has 0 saturated carbocycles. The number of hydrogen-bond donors (Lipinski definition) is 1. The van der Waals surface area contributed by atoms with Gasteiger partial charge in [0.05, 0.1) is 10.7 Å². The lowest BCUT2D eigenvalue weighted by molar-refractivity contribution is 0.601. The lowest BCUT2D eigenvalue weighted by Gasteiger charge is -2.12. The van der Waals surface area contributed by atoms with E-state index in [1.54, 1.807) is 12.1 Å². The molecule has 0 unspecified atom stereocenters. The number of pyridine rings is 1. The minimum absolute atomic E-state index is 0.0432. The van der Waals surface area contributed by atoms with E-state index in [0.29, 0.717) is 14.6 Å². The molecule has 0 bridgehead atoms. The predicted octanol–water partition coefficient (Wildman–Crippen LogP) is 5.48. The van der Waals surface area contributed by atoms with E-state index in [0.717, 1.165) is 10.7 Å². The molecule has 1 N–H and O–H groups in total. The van der Waals surface area contributed by atoms with Crippen molar-refractivity contribution in [3.05, 3.63) is 48.0 Å². The Labute approximate surface area is 156 Å². The Balaban J connectivity index is 2.44. The predicted molar refractivity (Wildman–Crippen MR) is 94.6 cm³/mol. The van der Waals surface area contributed by atoms with Crippen LogP contribution in [0.25, 0.3) is 0 Å². The van der Waals surface area contributed by atoms with E-state index in [1.165, 1.54) is 6.07 Å². The summed E-state index contributed by atoms with van der Waals surface area (Å²) in [5, 5.41) is 0.107. The van der Waals surface area contributed by atoms with Crippen LogP contribution in [0, 0.1) is 0 Å². The molecule has 21 heavy (non-hydrogen) atoms. The quantitative estimate of drug-likeness (QED) is 0.526. The number of nitrogens with one attached hydrogen (secondary N) is 1. The molecule has 0 atom stereocenters. The minimum atomic E-state index is -3.84. The highest BCUT2D eigenvalue weighted by Gasteiger charge is 2.19. The Morgan fingerprint density at radius 1 is 1.05 bits per heavy atom. The lowest BCUT2D eigenvalue weighted by Crippen LogP contribution is -2.14. The van der Waals surface area contributed by atoms with Crippen LogP contribution >= 0.6 is 71.0 Å². The van der Waals surface area contributed by atoms with Crippen molar-refractivity contribution in [3.8, 4) is 0 Å². The fourth-order valence-corrected chi connectivity index (χ4v) is 5.51. The SMILES string of the molecule is O=S(=O)(Nc1c(Br)cc(Br)cc1Br)c1cnc(Cl)c(Cl)c1. The van der Waals surface area contributed by atoms with E-state index in [4.69, 9.17) is 23.2 Å². The molecule has 0 amide bonds. The molecule has 0 spiro atoms. The molecule has 112 valence electrons. The van der Waals surface area contributed by atoms with Gasteiger partial charge >= 0.3 is 0 Å². The second-order valence-electron chi connectivity index (χ2n) is 3.79. The summed E-state index contributed by atoms with van der Waals surface area (Å²) in [5.74, 6) is 0. The Kier molecular flexibility index (Phi) is 5.60. The first-order chi connectivity index (χ1) is 9.70. The summed E-state index contributed by atoms with van der Waals surface area (Å²) in [4.78, 5) is 3.64. The van der Waals surface area contributed by atoms with Crippen molar-refractivity contribution in [3.63, 3.8) is 0 Å². The molecule has 0 fully saturated rings. The van der Waals surface area contributed by atoms with Gasteiger partial charge in [-0.15, -0.1) is 0 Å². The maximum absolute atomic E-state index is 12.3. The monoisotopic (exact) mass is 536 g/mol. The number of hydrogen-bond acceptors (Lipinski definition) is 3. The van der Waals surface area contributed by atoms with Crippen LogP contribution in [0.15, 0.2) is 42.7 Å². The molecule has 10 heteroatoms. The average Bonchev–Trinajstić information content (AvgIpc) is 2.37. The summed E-state index contributed by atoms with van der Waals surface area (Å²) in [5.41, 5.74) is 0.365. The Morgan fingerprint density at radius 2 is 1.62 bits per heavy atom. The summed E-state index contributed by atoms with van der Waals surface area (Å²) < 4.78 is 29.1. The molecule has 1 heterocycles. The molecule has 0 aliphatic rings. The van der Waals surface area contributed by atoms with Crippen LogP contribution in [0.2, 0.25) is 10.2 Å². The molecular formula is C11H5Br3Cl2N2O2S. The normalized spacial score (nSPS) is 11.5. The molecule has 0 radical (unpaired) electrons. The average molecular weight is 540 g/mol. The van der Waals surface area contributed by atoms with Crippen molar-refractivity contribution in [2.24, 2.45) is 0 Å². The second-order valence-corrected chi connectivity index (χ2v) is 8.87. The van der Waals surface area contributed by atoms with Crippen molar-refractivity contribution >= 4 is 86.7 Å². The third kappa shape index (κ3) is 4.11. The number of nitrogens with zero attached hydrogens (tertiary/aromatic N) is 1. The van der Waals surface area contributed by atoms with E-state index in [9.17, 15) is 8.42 Å². The van der Waals surface area contributed by atoms with Gasteiger partial charge in [0.15, 0.2) is 0 Å². The fourth-order valence-electron chi connectivity index (χ4n) is 1.38. The van der Waals surface area contributed by atoms with Gasteiger partial charge in [-0.3, -0.25) is 4.72 Å². The van der Waals surface area contributed by atoms with Crippen molar-refractivity contribution in [1.29, 1.82) is 0 Å². The highest BCUT2D eigenvalue weighted by molar-refractivity contribution is 9.11. The maximum atomic E-state index is 12.3. The van der Waals surface area contributed by atoms with Crippen molar-refractivity contribution < 1.29 is 8.42 Å². The standard InChI is InChI=1S/C11H5Br3Cl2N2O2S/c12-5-1-7(13)10(8(14)2-5)18-21(19,20)6-3-9(15)11(16)17-4-6/h1-4,18H. The molecule has 4 nitrogen and oxygen atoms in total. The number of anilines is 1. The summed E-state index contributed by atoms with van der Waals surface area (Å²) in [7, 11) is -3.84. The smallest absolute Gasteiger partial charge is 0.263 e. The third-order valence-corrected chi connectivity index (χ3v) is 6.04. The highest BCUT2D eigenvalue weighted by Crippen LogP contribution is 2.36. The zero-order valence-corrected chi connectivity index (χ0v) is 17.0. The van der Waals surface area contributed by atoms with Crippen LogP contribution in [0.3, 0.4) is 0 Å². The number of aromatic nitrogens is 1. The summed E-state index contributed by atoms with van der Waals surface area (Å²) in [6.07, 6.45) is 1.14. The van der Waals surface area contributed by atoms with Crippen molar-refractivity contribution in [2.45, 2.75) is 4.90 Å². The number of rotatable bonds is 3. The van der Waals surface area contributed by atoms with Gasteiger partial charge in [-0.2, -0.15) is 0 Å². The zero-order valence-electron chi connectivity index (χ0n) is 9.87. The summed E-state index contributed by atoms with van der Waals surface area (Å²) in [6, 6.07) is 4.67. The molecule has 0 aliphatic heterocycles. The van der Waals surface area contributed by atoms with Crippen LogP contribution in [0.1, 0.15) is 0 Å². The van der Waals surface area contributed by atoms with Crippen LogP contribution < -0.4 is 4.72 Å². The third-order valence-electron chi connectivity index (χ3n) is 2.32. The number of sulfonamides is 1. The fraction of sp³-hybridized carbons (Fsp3) is 0. The first kappa shape index (κ1) is 17.5. The molecule has 1 aromatic heterocycles. The molecular weight excluding hydrogens is 535 g/mol. The van der Waals surface area contributed by atoms with E-state index in [2.05, 4.69) is 57.5 Å². The first-order valence-electron chi connectivity index (χ1n) is 5.19. The van der Waals surface area contributed by atoms with Gasteiger partial charge in [0.1, 0.15) is 10.0 Å². The molecule has 2 rings (SSSR count). The molecule has 0 aliphatic carbocycles. The van der Waals surface area contributed by atoms with Gasteiger partial charge in [0.2, 0.25) is 0 Å². The number of halogens is 5. The van der Waals surface area contributed by atoms with Gasteiger partial charge in [-0.1, -0.05) is 39.1 Å². The topological polar surface area (TPSA) is 59.1 Å². The molecule has 1 aromatic carbocycles. The minimum Gasteiger partial charge on any atom is -0.277 e. The van der Waals surface area contributed by atoms with E-state index in [1.807, 2.05) is 0 Å². The van der Waals surface area contributed by atoms with Crippen LogP contribution in [0.5, 0.6) is 0 Å². The molecule has 2 aromatic rings. The van der Waals surface area contributed by atoms with Gasteiger partial charge in [-0.25, -0.2) is 13.4 Å². The van der Waals surface area contributed by atoms with Gasteiger partial charge in [0.25, 0.3) is 10.0 Å². The maximum Gasteiger partial charge on any atom is 0.263 e. The Morgan fingerprint density at radius 3 is 2.14 bits per heavy atom. The Bertz CT molecular complexity index is 792. The second kappa shape index (κ2) is 6.72. The van der Waals surface area contributed by atoms with Crippen LogP contribution in [-0.4, -0.2) is 13.4 Å². The molecule has 0 saturated heterocycles. The summed E-state index contributed by atoms with van der Waals surface area (Å²) >= 11 is 21.4. The zero-order chi connectivity index (χ0) is 15.8. The first-order valence-corrected chi connectivity index (χ1v) is 9.81. The van der Waals surface area contributed by atoms with E-state index >= 15 is 0 Å². The summed E-state index contributed by atoms with van der Waals surface area (Å²) in [6.45, 7) is 0. The van der Waals surface area contributed by atoms with E-state index in [-0.39, 0.29) is 15.1 Å². The van der Waals surface area contributed by atoms with Gasteiger partial charge < -0.3 is 0 Å². The van der Waals surface area contributed by atoms with Crippen molar-refractivity contribution in [1.82, 2.24) is 4.98 Å².